The van der Waals surface area contributed by atoms with Gasteiger partial charge in [-0.1, -0.05) is 0 Å². The van der Waals surface area contributed by atoms with E-state index in [1.54, 1.807) is 13.4 Å². The van der Waals surface area contributed by atoms with Crippen LogP contribution in [0.4, 0.5) is 0 Å². The Balaban J connectivity index is 1.53. The highest BCUT2D eigenvalue weighted by Crippen LogP contribution is 2.23. The Morgan fingerprint density at radius 2 is 2.00 bits per heavy atom. The maximum Gasteiger partial charge on any atom is 0.226 e. The maximum atomic E-state index is 9.06. The average molecular weight is 345 g/mol. The van der Waals surface area contributed by atoms with Crippen LogP contribution in [0, 0.1) is 0 Å². The van der Waals surface area contributed by atoms with Gasteiger partial charge >= 0.3 is 0 Å². The first-order valence-electron chi connectivity index (χ1n) is 8.82. The molecule has 1 N–H and O–H groups in total. The van der Waals surface area contributed by atoms with E-state index in [0.717, 1.165) is 56.0 Å². The summed E-state index contributed by atoms with van der Waals surface area (Å²) in [7, 11) is 3.75. The van der Waals surface area contributed by atoms with E-state index in [1.165, 1.54) is 0 Å². The minimum Gasteiger partial charge on any atom is -0.497 e. The smallest absolute Gasteiger partial charge is 0.226 e. The maximum absolute atomic E-state index is 9.06. The van der Waals surface area contributed by atoms with Crippen molar-refractivity contribution in [3.05, 3.63) is 36.2 Å². The zero-order valence-corrected chi connectivity index (χ0v) is 15.0. The van der Waals surface area contributed by atoms with Crippen LogP contribution < -0.4 is 4.74 Å². The first kappa shape index (κ1) is 17.9. The predicted octanol–water partition coefficient (Wildman–Crippen LogP) is 2.24. The van der Waals surface area contributed by atoms with Gasteiger partial charge in [-0.25, -0.2) is 4.98 Å². The van der Waals surface area contributed by atoms with E-state index in [-0.39, 0.29) is 6.61 Å². The van der Waals surface area contributed by atoms with Gasteiger partial charge in [-0.15, -0.1) is 0 Å². The number of likely N-dealkylation sites (tertiary alicyclic amines) is 1. The lowest BCUT2D eigenvalue weighted by atomic mass is 10.0. The van der Waals surface area contributed by atoms with Crippen molar-refractivity contribution in [3.63, 3.8) is 0 Å². The van der Waals surface area contributed by atoms with E-state index in [4.69, 9.17) is 14.3 Å². The number of rotatable bonds is 7. The third kappa shape index (κ3) is 4.60. The number of methoxy groups -OCH3 is 1. The number of likely N-dealkylation sites (N-methyl/N-ethyl adjacent to an activating group) is 1. The van der Waals surface area contributed by atoms with Crippen LogP contribution in [0.25, 0.3) is 11.5 Å². The molecule has 3 rings (SSSR count). The van der Waals surface area contributed by atoms with Gasteiger partial charge in [0.1, 0.15) is 12.0 Å². The van der Waals surface area contributed by atoms with Crippen molar-refractivity contribution < 1.29 is 14.3 Å². The van der Waals surface area contributed by atoms with Gasteiger partial charge in [0.2, 0.25) is 5.89 Å². The van der Waals surface area contributed by atoms with Gasteiger partial charge in [0, 0.05) is 37.8 Å². The van der Waals surface area contributed by atoms with Crippen LogP contribution in [0.15, 0.2) is 34.9 Å². The van der Waals surface area contributed by atoms with Crippen LogP contribution in [-0.2, 0) is 6.54 Å². The Labute approximate surface area is 149 Å². The van der Waals surface area contributed by atoms with Crippen LogP contribution in [0.5, 0.6) is 5.75 Å². The van der Waals surface area contributed by atoms with E-state index >= 15 is 0 Å². The van der Waals surface area contributed by atoms with E-state index < -0.39 is 0 Å². The quantitative estimate of drug-likeness (QED) is 0.830. The number of oxazole rings is 1. The molecule has 0 amide bonds. The molecule has 25 heavy (non-hydrogen) atoms. The number of hydrogen-bond donors (Lipinski definition) is 1. The van der Waals surface area contributed by atoms with Crippen molar-refractivity contribution in [1.29, 1.82) is 0 Å². The minimum absolute atomic E-state index is 0.226. The number of ether oxygens (including phenoxy) is 1. The molecule has 1 aliphatic rings. The van der Waals surface area contributed by atoms with Gasteiger partial charge in [0.25, 0.3) is 0 Å². The Hall–Kier alpha value is -1.89. The Morgan fingerprint density at radius 1 is 1.28 bits per heavy atom. The van der Waals surface area contributed by atoms with Gasteiger partial charge in [-0.05, 0) is 44.2 Å². The molecule has 0 bridgehead atoms. The fraction of sp³-hybridized carbons (Fsp3) is 0.526. The summed E-state index contributed by atoms with van der Waals surface area (Å²) in [5.74, 6) is 1.47. The number of aromatic nitrogens is 1. The molecule has 1 aliphatic heterocycles. The first-order chi connectivity index (χ1) is 12.2. The number of aliphatic hydroxyl groups is 1. The highest BCUT2D eigenvalue weighted by molar-refractivity contribution is 5.54. The molecule has 136 valence electrons. The molecule has 2 heterocycles. The minimum atomic E-state index is 0.226. The van der Waals surface area contributed by atoms with Gasteiger partial charge in [0.05, 0.1) is 19.4 Å². The molecule has 0 saturated carbocycles. The standard InChI is InChI=1S/C19H27N3O3/c1-21(11-12-23)17-7-9-22(10-8-17)13-16-14-25-19(20-16)15-3-5-18(24-2)6-4-15/h3-6,14,17,23H,7-13H2,1-2H3. The summed E-state index contributed by atoms with van der Waals surface area (Å²) < 4.78 is 10.8. The molecule has 0 atom stereocenters. The van der Waals surface area contributed by atoms with Gasteiger partial charge in [-0.3, -0.25) is 4.90 Å². The van der Waals surface area contributed by atoms with Crippen molar-refractivity contribution in [2.45, 2.75) is 25.4 Å². The highest BCUT2D eigenvalue weighted by atomic mass is 16.5. The Kier molecular flexibility index (Phi) is 6.07. The van der Waals surface area contributed by atoms with Crippen LogP contribution in [0.3, 0.4) is 0 Å². The van der Waals surface area contributed by atoms with E-state index in [1.807, 2.05) is 24.3 Å². The molecule has 0 aliphatic carbocycles. The third-order valence-corrected chi connectivity index (χ3v) is 4.91. The number of hydrogen-bond acceptors (Lipinski definition) is 6. The molecular formula is C19H27N3O3. The SMILES string of the molecule is COc1ccc(-c2nc(CN3CCC(N(C)CCO)CC3)co2)cc1. The second-order valence-corrected chi connectivity index (χ2v) is 6.58. The van der Waals surface area contributed by atoms with Crippen LogP contribution in [0.2, 0.25) is 0 Å². The molecule has 6 heteroatoms. The second kappa shape index (κ2) is 8.47. The summed E-state index contributed by atoms with van der Waals surface area (Å²) in [6.07, 6.45) is 4.00. The molecule has 1 fully saturated rings. The number of benzene rings is 1. The Morgan fingerprint density at radius 3 is 2.64 bits per heavy atom. The van der Waals surface area contributed by atoms with Gasteiger partial charge < -0.3 is 19.2 Å². The zero-order chi connectivity index (χ0) is 17.6. The molecule has 6 nitrogen and oxygen atoms in total. The van der Waals surface area contributed by atoms with Crippen LogP contribution in [0.1, 0.15) is 18.5 Å². The predicted molar refractivity (Wildman–Crippen MR) is 96.5 cm³/mol. The van der Waals surface area contributed by atoms with Crippen LogP contribution >= 0.6 is 0 Å². The fourth-order valence-corrected chi connectivity index (χ4v) is 3.33. The number of nitrogens with zero attached hydrogens (tertiary/aromatic N) is 3. The number of piperidine rings is 1. The lowest BCUT2D eigenvalue weighted by molar-refractivity contribution is 0.107. The topological polar surface area (TPSA) is 62.0 Å². The van der Waals surface area contributed by atoms with Crippen LogP contribution in [-0.4, -0.2) is 66.3 Å². The van der Waals surface area contributed by atoms with Crippen molar-refractivity contribution in [3.8, 4) is 17.2 Å². The van der Waals surface area contributed by atoms with Crippen molar-refractivity contribution in [2.24, 2.45) is 0 Å². The summed E-state index contributed by atoms with van der Waals surface area (Å²) in [4.78, 5) is 9.30. The fourth-order valence-electron chi connectivity index (χ4n) is 3.33. The van der Waals surface area contributed by atoms with E-state index in [2.05, 4.69) is 21.8 Å². The Bertz CT molecular complexity index is 648. The lowest BCUT2D eigenvalue weighted by Crippen LogP contribution is -2.43. The van der Waals surface area contributed by atoms with E-state index in [9.17, 15) is 0 Å². The summed E-state index contributed by atoms with van der Waals surface area (Å²) in [5, 5.41) is 9.06. The molecular weight excluding hydrogens is 318 g/mol. The molecule has 2 aromatic rings. The third-order valence-electron chi connectivity index (χ3n) is 4.91. The molecule has 1 saturated heterocycles. The molecule has 0 radical (unpaired) electrons. The first-order valence-corrected chi connectivity index (χ1v) is 8.82. The largest absolute Gasteiger partial charge is 0.497 e. The molecule has 0 unspecified atom stereocenters. The van der Waals surface area contributed by atoms with Crippen molar-refractivity contribution in [2.75, 3.05) is 40.4 Å². The van der Waals surface area contributed by atoms with Gasteiger partial charge in [-0.2, -0.15) is 0 Å². The summed E-state index contributed by atoms with van der Waals surface area (Å²) in [5.41, 5.74) is 1.92. The highest BCUT2D eigenvalue weighted by Gasteiger charge is 2.22. The second-order valence-electron chi connectivity index (χ2n) is 6.58. The summed E-state index contributed by atoms with van der Waals surface area (Å²) in [6, 6.07) is 8.30. The zero-order valence-electron chi connectivity index (χ0n) is 15.0. The molecule has 1 aromatic carbocycles. The summed E-state index contributed by atoms with van der Waals surface area (Å²) in [6.45, 7) is 3.88. The number of aliphatic hydroxyl groups excluding tert-OH is 1. The normalized spacial score (nSPS) is 16.5. The molecule has 1 aromatic heterocycles. The lowest BCUT2D eigenvalue weighted by Gasteiger charge is -2.36. The summed E-state index contributed by atoms with van der Waals surface area (Å²) >= 11 is 0. The van der Waals surface area contributed by atoms with E-state index in [0.29, 0.717) is 11.9 Å². The monoisotopic (exact) mass is 345 g/mol. The average Bonchev–Trinajstić information content (AvgIpc) is 3.11. The van der Waals surface area contributed by atoms with Crippen molar-refractivity contribution >= 4 is 0 Å². The molecule has 0 spiro atoms. The van der Waals surface area contributed by atoms with Crippen molar-refractivity contribution in [1.82, 2.24) is 14.8 Å². The van der Waals surface area contributed by atoms with Gasteiger partial charge in [0.15, 0.2) is 0 Å².